The number of para-hydroxylation sites is 1. The Labute approximate surface area is 168 Å². The lowest BCUT2D eigenvalue weighted by molar-refractivity contribution is 0.0657. The van der Waals surface area contributed by atoms with Crippen molar-refractivity contribution in [3.63, 3.8) is 0 Å². The van der Waals surface area contributed by atoms with Gasteiger partial charge in [-0.1, -0.05) is 18.2 Å². The summed E-state index contributed by atoms with van der Waals surface area (Å²) < 4.78 is 11.2. The highest BCUT2D eigenvalue weighted by Gasteiger charge is 2.27. The van der Waals surface area contributed by atoms with E-state index >= 15 is 0 Å². The molecule has 1 unspecified atom stereocenters. The molecule has 28 heavy (non-hydrogen) atoms. The van der Waals surface area contributed by atoms with Gasteiger partial charge in [0, 0.05) is 18.7 Å². The van der Waals surface area contributed by atoms with Gasteiger partial charge in [-0.15, -0.1) is 0 Å². The summed E-state index contributed by atoms with van der Waals surface area (Å²) in [5.41, 5.74) is -0.295. The van der Waals surface area contributed by atoms with Crippen LogP contribution in [0.15, 0.2) is 45.8 Å². The van der Waals surface area contributed by atoms with Gasteiger partial charge in [-0.3, -0.25) is 0 Å². The van der Waals surface area contributed by atoms with E-state index in [-0.39, 0.29) is 6.54 Å². The van der Waals surface area contributed by atoms with Gasteiger partial charge in [0.1, 0.15) is 22.9 Å². The van der Waals surface area contributed by atoms with Crippen LogP contribution in [0.5, 0.6) is 5.75 Å². The molecule has 0 amide bonds. The molecule has 1 atom stereocenters. The predicted molar refractivity (Wildman–Crippen MR) is 113 cm³/mol. The predicted octanol–water partition coefficient (Wildman–Crippen LogP) is 3.52. The fraction of sp³-hybridized carbons (Fsp3) is 0.500. The fourth-order valence-electron chi connectivity index (χ4n) is 2.97. The third-order valence-electron chi connectivity index (χ3n) is 4.39. The topological polar surface area (TPSA) is 79.0 Å². The SMILES string of the molecule is CCNC(=NCC(C)(O)c1cc(C)oc1C)NCCCCOc1ccccc1. The largest absolute Gasteiger partial charge is 0.494 e. The van der Waals surface area contributed by atoms with Crippen LogP contribution >= 0.6 is 0 Å². The third kappa shape index (κ3) is 6.93. The van der Waals surface area contributed by atoms with Crippen LogP contribution < -0.4 is 15.4 Å². The van der Waals surface area contributed by atoms with E-state index in [0.717, 1.165) is 48.8 Å². The average Bonchev–Trinajstić information content (AvgIpc) is 3.02. The minimum Gasteiger partial charge on any atom is -0.494 e. The number of aliphatic hydroxyl groups is 1. The molecule has 1 heterocycles. The maximum atomic E-state index is 10.8. The fourth-order valence-corrected chi connectivity index (χ4v) is 2.97. The van der Waals surface area contributed by atoms with Crippen LogP contribution in [-0.4, -0.2) is 37.3 Å². The molecule has 154 valence electrons. The summed E-state index contributed by atoms with van der Waals surface area (Å²) in [6.45, 7) is 10.0. The maximum Gasteiger partial charge on any atom is 0.191 e. The lowest BCUT2D eigenvalue weighted by Crippen LogP contribution is -2.39. The van der Waals surface area contributed by atoms with Gasteiger partial charge < -0.3 is 24.9 Å². The van der Waals surface area contributed by atoms with Crippen molar-refractivity contribution in [1.29, 1.82) is 0 Å². The maximum absolute atomic E-state index is 10.8. The number of rotatable bonds is 10. The third-order valence-corrected chi connectivity index (χ3v) is 4.39. The molecule has 1 aromatic heterocycles. The zero-order valence-electron chi connectivity index (χ0n) is 17.4. The van der Waals surface area contributed by atoms with E-state index in [9.17, 15) is 5.11 Å². The summed E-state index contributed by atoms with van der Waals surface area (Å²) in [6, 6.07) is 11.7. The lowest BCUT2D eigenvalue weighted by Gasteiger charge is -2.21. The van der Waals surface area contributed by atoms with E-state index in [0.29, 0.717) is 12.6 Å². The van der Waals surface area contributed by atoms with Crippen molar-refractivity contribution in [3.05, 3.63) is 53.5 Å². The highest BCUT2D eigenvalue weighted by atomic mass is 16.5. The quantitative estimate of drug-likeness (QED) is 0.330. The van der Waals surface area contributed by atoms with Crippen molar-refractivity contribution in [2.24, 2.45) is 4.99 Å². The van der Waals surface area contributed by atoms with Crippen LogP contribution in [0.3, 0.4) is 0 Å². The molecule has 3 N–H and O–H groups in total. The van der Waals surface area contributed by atoms with Crippen molar-refractivity contribution < 1.29 is 14.3 Å². The van der Waals surface area contributed by atoms with E-state index < -0.39 is 5.60 Å². The van der Waals surface area contributed by atoms with Crippen LogP contribution in [0.4, 0.5) is 0 Å². The van der Waals surface area contributed by atoms with Gasteiger partial charge in [0.2, 0.25) is 0 Å². The normalized spacial score (nSPS) is 13.8. The summed E-state index contributed by atoms with van der Waals surface area (Å²) >= 11 is 0. The summed E-state index contributed by atoms with van der Waals surface area (Å²) in [7, 11) is 0. The van der Waals surface area contributed by atoms with Crippen molar-refractivity contribution in [1.82, 2.24) is 10.6 Å². The highest BCUT2D eigenvalue weighted by Crippen LogP contribution is 2.27. The molecule has 6 nitrogen and oxygen atoms in total. The Morgan fingerprint density at radius 2 is 1.93 bits per heavy atom. The Hall–Kier alpha value is -2.47. The minimum absolute atomic E-state index is 0.249. The van der Waals surface area contributed by atoms with Gasteiger partial charge in [0.05, 0.1) is 13.2 Å². The summed E-state index contributed by atoms with van der Waals surface area (Å²) in [6.07, 6.45) is 1.92. The monoisotopic (exact) mass is 387 g/mol. The Balaban J connectivity index is 1.77. The molecule has 0 saturated heterocycles. The number of furan rings is 1. The minimum atomic E-state index is -1.08. The first kappa shape index (κ1) is 21.8. The molecule has 2 aromatic rings. The van der Waals surface area contributed by atoms with E-state index in [1.54, 1.807) is 6.92 Å². The Kier molecular flexibility index (Phi) is 8.39. The van der Waals surface area contributed by atoms with Crippen LogP contribution in [0.2, 0.25) is 0 Å². The molecule has 0 aliphatic carbocycles. The Bertz CT molecular complexity index is 739. The molecule has 0 aliphatic heterocycles. The summed E-state index contributed by atoms with van der Waals surface area (Å²) in [4.78, 5) is 4.55. The van der Waals surface area contributed by atoms with Crippen LogP contribution in [-0.2, 0) is 5.60 Å². The first-order valence-corrected chi connectivity index (χ1v) is 9.92. The van der Waals surface area contributed by atoms with Crippen LogP contribution in [0.1, 0.15) is 43.8 Å². The number of nitrogens with one attached hydrogen (secondary N) is 2. The number of guanidine groups is 1. The van der Waals surface area contributed by atoms with E-state index in [1.807, 2.05) is 57.2 Å². The number of unbranched alkanes of at least 4 members (excludes halogenated alkanes) is 1. The van der Waals surface area contributed by atoms with Crippen LogP contribution in [0, 0.1) is 13.8 Å². The Morgan fingerprint density at radius 3 is 2.57 bits per heavy atom. The number of aliphatic imine (C=N–C) groups is 1. The zero-order chi connectivity index (χ0) is 20.4. The number of ether oxygens (including phenoxy) is 1. The number of aryl methyl sites for hydroxylation is 2. The molecule has 0 radical (unpaired) electrons. The first-order valence-electron chi connectivity index (χ1n) is 9.92. The molecule has 1 aromatic carbocycles. The van der Waals surface area contributed by atoms with Crippen molar-refractivity contribution in [3.8, 4) is 5.75 Å². The summed E-state index contributed by atoms with van der Waals surface area (Å²) in [5.74, 6) is 3.12. The van der Waals surface area contributed by atoms with Gasteiger partial charge in [-0.2, -0.15) is 0 Å². The van der Waals surface area contributed by atoms with Crippen molar-refractivity contribution >= 4 is 5.96 Å². The van der Waals surface area contributed by atoms with Crippen LogP contribution in [0.25, 0.3) is 0 Å². The molecular weight excluding hydrogens is 354 g/mol. The molecule has 0 fully saturated rings. The number of hydrogen-bond acceptors (Lipinski definition) is 4. The lowest BCUT2D eigenvalue weighted by atomic mass is 9.96. The van der Waals surface area contributed by atoms with Gasteiger partial charge in [-0.05, 0) is 58.7 Å². The van der Waals surface area contributed by atoms with Gasteiger partial charge in [0.15, 0.2) is 5.96 Å². The standard InChI is InChI=1S/C22H33N3O3/c1-5-23-21(24-13-9-10-14-27-19-11-7-6-8-12-19)25-16-22(4,26)20-15-17(2)28-18(20)3/h6-8,11-12,15,26H,5,9-10,13-14,16H2,1-4H3,(H2,23,24,25). The zero-order valence-corrected chi connectivity index (χ0v) is 17.4. The second-order valence-corrected chi connectivity index (χ2v) is 7.09. The number of hydrogen-bond donors (Lipinski definition) is 3. The molecule has 0 bridgehead atoms. The van der Waals surface area contributed by atoms with Gasteiger partial charge >= 0.3 is 0 Å². The van der Waals surface area contributed by atoms with Crippen molar-refractivity contribution in [2.75, 3.05) is 26.2 Å². The summed E-state index contributed by atoms with van der Waals surface area (Å²) in [5, 5.41) is 17.3. The number of nitrogens with zero attached hydrogens (tertiary/aromatic N) is 1. The second kappa shape index (κ2) is 10.8. The molecule has 0 saturated carbocycles. The van der Waals surface area contributed by atoms with E-state index in [4.69, 9.17) is 9.15 Å². The van der Waals surface area contributed by atoms with E-state index in [2.05, 4.69) is 15.6 Å². The van der Waals surface area contributed by atoms with Gasteiger partial charge in [0.25, 0.3) is 0 Å². The van der Waals surface area contributed by atoms with E-state index in [1.165, 1.54) is 0 Å². The van der Waals surface area contributed by atoms with Gasteiger partial charge in [-0.25, -0.2) is 4.99 Å². The Morgan fingerprint density at radius 1 is 1.18 bits per heavy atom. The average molecular weight is 388 g/mol. The molecular formula is C22H33N3O3. The molecule has 0 spiro atoms. The second-order valence-electron chi connectivity index (χ2n) is 7.09. The molecule has 6 heteroatoms. The molecule has 0 aliphatic rings. The molecule has 2 rings (SSSR count). The number of benzene rings is 1. The smallest absolute Gasteiger partial charge is 0.191 e. The first-order chi connectivity index (χ1) is 13.4. The van der Waals surface area contributed by atoms with Crippen molar-refractivity contribution in [2.45, 2.75) is 46.1 Å². The highest BCUT2D eigenvalue weighted by molar-refractivity contribution is 5.79.